The molecule has 3 amide bonds. The summed E-state index contributed by atoms with van der Waals surface area (Å²) in [6.45, 7) is 1.29. The molecular weight excluding hydrogens is 344 g/mol. The lowest BCUT2D eigenvalue weighted by Crippen LogP contribution is -2.51. The lowest BCUT2D eigenvalue weighted by molar-refractivity contribution is -0.385. The second-order valence-corrected chi connectivity index (χ2v) is 5.68. The molecule has 3 heterocycles. The summed E-state index contributed by atoms with van der Waals surface area (Å²) in [5, 5.41) is 24.0. The number of hydrogen-bond donors (Lipinski definition) is 4. The average Bonchev–Trinajstić information content (AvgIpc) is 2.64. The number of nitrogens with one attached hydrogen (secondary N) is 2. The van der Waals surface area contributed by atoms with Crippen LogP contribution in [0.3, 0.4) is 0 Å². The Balaban J connectivity index is 2.15. The topological polar surface area (TPSA) is 140 Å². The van der Waals surface area contributed by atoms with Crippen LogP contribution in [-0.4, -0.2) is 70.2 Å². The van der Waals surface area contributed by atoms with Gasteiger partial charge in [0, 0.05) is 19.8 Å². The van der Waals surface area contributed by atoms with Crippen LogP contribution in [0.15, 0.2) is 40.1 Å². The number of likely N-dealkylation sites (N-methyl/N-ethyl adjacent to an activating group) is 1. The molecule has 0 saturated carbocycles. The Bertz CT molecular complexity index is 877. The quantitative estimate of drug-likeness (QED) is 0.346. The van der Waals surface area contributed by atoms with Crippen molar-refractivity contribution in [3.05, 3.63) is 35.1 Å². The second kappa shape index (κ2) is 6.56. The molecule has 3 rings (SSSR count). The summed E-state index contributed by atoms with van der Waals surface area (Å²) in [6, 6.07) is 0. The van der Waals surface area contributed by atoms with E-state index >= 15 is 0 Å². The summed E-state index contributed by atoms with van der Waals surface area (Å²) in [7, 11) is 1.42. The second-order valence-electron chi connectivity index (χ2n) is 5.68. The van der Waals surface area contributed by atoms with Crippen molar-refractivity contribution in [2.24, 2.45) is 4.99 Å². The fourth-order valence-electron chi connectivity index (χ4n) is 2.76. The maximum atomic E-state index is 12.8. The van der Waals surface area contributed by atoms with Crippen molar-refractivity contribution in [3.8, 4) is 0 Å². The van der Waals surface area contributed by atoms with E-state index in [1.54, 1.807) is 6.92 Å². The Morgan fingerprint density at radius 3 is 2.77 bits per heavy atom. The van der Waals surface area contributed by atoms with E-state index in [1.165, 1.54) is 13.2 Å². The number of nitrogens with zero attached hydrogens (tertiary/aromatic N) is 2. The molecule has 136 valence electrons. The van der Waals surface area contributed by atoms with Crippen molar-refractivity contribution >= 4 is 29.1 Å². The van der Waals surface area contributed by atoms with Gasteiger partial charge in [0.25, 0.3) is 23.3 Å². The van der Waals surface area contributed by atoms with Crippen LogP contribution in [0.25, 0.3) is 0 Å². The molecule has 0 fully saturated rings. The molecule has 3 aliphatic heterocycles. The van der Waals surface area contributed by atoms with Gasteiger partial charge in [0.2, 0.25) is 12.3 Å². The third-order valence-electron chi connectivity index (χ3n) is 4.02. The number of aliphatic hydroxyl groups is 2. The SMILES string of the molecule is CNC(=O)C1=C[N+]2=C3C(=NC=C(C)C3O1)C(O)=C(C(=O)NCCO)C2=O. The third-order valence-corrected chi connectivity index (χ3v) is 4.02. The van der Waals surface area contributed by atoms with Crippen LogP contribution in [0, 0.1) is 0 Å². The molecule has 0 aromatic heterocycles. The van der Waals surface area contributed by atoms with Crippen LogP contribution in [0.5, 0.6) is 0 Å². The number of rotatable bonds is 4. The highest BCUT2D eigenvalue weighted by atomic mass is 16.5. The standard InChI is InChI=1S/C16H16N4O6/c1-7-5-19-10-11-13(7)26-8(14(23)17-2)6-20(11)16(25)9(12(10)22)15(24)18-3-4-21/h5-6,13,21H,3-4H2,1-2H3,(H2-,17,18,22,23,24,25)/p+1. The molecule has 26 heavy (non-hydrogen) atoms. The molecule has 1 atom stereocenters. The van der Waals surface area contributed by atoms with Crippen LogP contribution >= 0.6 is 0 Å². The molecule has 1 unspecified atom stereocenters. The molecule has 10 heteroatoms. The minimum Gasteiger partial charge on any atom is -0.504 e. The molecule has 0 aliphatic carbocycles. The first-order valence-electron chi connectivity index (χ1n) is 7.79. The number of ether oxygens (including phenoxy) is 1. The number of amides is 3. The van der Waals surface area contributed by atoms with E-state index in [0.29, 0.717) is 5.57 Å². The fraction of sp³-hybridized carbons (Fsp3) is 0.312. The van der Waals surface area contributed by atoms with Gasteiger partial charge < -0.3 is 25.6 Å². The summed E-state index contributed by atoms with van der Waals surface area (Å²) < 4.78 is 6.74. The van der Waals surface area contributed by atoms with Gasteiger partial charge in [-0.05, 0) is 12.5 Å². The van der Waals surface area contributed by atoms with Gasteiger partial charge in [0.05, 0.1) is 6.61 Å². The average molecular weight is 361 g/mol. The third kappa shape index (κ3) is 2.60. The van der Waals surface area contributed by atoms with E-state index in [-0.39, 0.29) is 30.3 Å². The van der Waals surface area contributed by atoms with Crippen LogP contribution < -0.4 is 10.6 Å². The van der Waals surface area contributed by atoms with Gasteiger partial charge in [0.15, 0.2) is 17.0 Å². The van der Waals surface area contributed by atoms with Gasteiger partial charge in [-0.25, -0.2) is 9.79 Å². The monoisotopic (exact) mass is 361 g/mol. The van der Waals surface area contributed by atoms with Crippen LogP contribution in [-0.2, 0) is 19.1 Å². The maximum Gasteiger partial charge on any atom is 0.434 e. The smallest absolute Gasteiger partial charge is 0.434 e. The Hall–Kier alpha value is -3.27. The van der Waals surface area contributed by atoms with E-state index in [1.807, 2.05) is 0 Å². The van der Waals surface area contributed by atoms with Gasteiger partial charge in [-0.3, -0.25) is 9.59 Å². The van der Waals surface area contributed by atoms with Crippen molar-refractivity contribution in [3.63, 3.8) is 0 Å². The molecule has 3 aliphatic rings. The van der Waals surface area contributed by atoms with Crippen molar-refractivity contribution in [1.82, 2.24) is 10.6 Å². The van der Waals surface area contributed by atoms with E-state index in [2.05, 4.69) is 15.6 Å². The fourth-order valence-corrected chi connectivity index (χ4v) is 2.76. The van der Waals surface area contributed by atoms with E-state index in [0.717, 1.165) is 10.8 Å². The van der Waals surface area contributed by atoms with Gasteiger partial charge in [-0.2, -0.15) is 0 Å². The van der Waals surface area contributed by atoms with E-state index in [9.17, 15) is 19.5 Å². The van der Waals surface area contributed by atoms with E-state index in [4.69, 9.17) is 9.84 Å². The number of aliphatic imine (C=N–C) groups is 1. The molecule has 10 nitrogen and oxygen atoms in total. The molecule has 4 N–H and O–H groups in total. The van der Waals surface area contributed by atoms with Gasteiger partial charge >= 0.3 is 5.91 Å². The van der Waals surface area contributed by atoms with Gasteiger partial charge in [0.1, 0.15) is 0 Å². The first-order chi connectivity index (χ1) is 12.4. The molecule has 0 radical (unpaired) electrons. The number of carbonyl (C=O) groups excluding carboxylic acids is 3. The lowest BCUT2D eigenvalue weighted by atomic mass is 9.92. The normalized spacial score (nSPS) is 21.3. The molecule has 0 aromatic rings. The van der Waals surface area contributed by atoms with Crippen LogP contribution in [0.4, 0.5) is 0 Å². The number of allylic oxidation sites excluding steroid dienone is 1. The Morgan fingerprint density at radius 2 is 2.12 bits per heavy atom. The summed E-state index contributed by atoms with van der Waals surface area (Å²) >= 11 is 0. The highest BCUT2D eigenvalue weighted by Crippen LogP contribution is 2.28. The summed E-state index contributed by atoms with van der Waals surface area (Å²) in [6.07, 6.45) is 1.80. The predicted molar refractivity (Wildman–Crippen MR) is 88.2 cm³/mol. The largest absolute Gasteiger partial charge is 0.504 e. The Kier molecular flexibility index (Phi) is 4.43. The van der Waals surface area contributed by atoms with Crippen molar-refractivity contribution in [2.75, 3.05) is 20.2 Å². The van der Waals surface area contributed by atoms with Crippen LogP contribution in [0.2, 0.25) is 0 Å². The van der Waals surface area contributed by atoms with Crippen molar-refractivity contribution < 1.29 is 33.9 Å². The Morgan fingerprint density at radius 1 is 1.38 bits per heavy atom. The highest BCUT2D eigenvalue weighted by Gasteiger charge is 2.51. The predicted octanol–water partition coefficient (Wildman–Crippen LogP) is -1.75. The summed E-state index contributed by atoms with van der Waals surface area (Å²) in [4.78, 5) is 41.2. The molecule has 0 aromatic carbocycles. The van der Waals surface area contributed by atoms with Crippen LogP contribution in [0.1, 0.15) is 6.92 Å². The maximum absolute atomic E-state index is 12.8. The molecule has 0 spiro atoms. The first kappa shape index (κ1) is 17.5. The lowest BCUT2D eigenvalue weighted by Gasteiger charge is -2.28. The molecule has 0 saturated heterocycles. The first-order valence-corrected chi connectivity index (χ1v) is 7.79. The van der Waals surface area contributed by atoms with E-state index < -0.39 is 35.2 Å². The van der Waals surface area contributed by atoms with Crippen molar-refractivity contribution in [2.45, 2.75) is 13.0 Å². The minimum absolute atomic E-state index is 0.0153. The number of hydrogen-bond acceptors (Lipinski definition) is 7. The number of aliphatic hydroxyl groups excluding tert-OH is 2. The Labute approximate surface area is 147 Å². The van der Waals surface area contributed by atoms with Gasteiger partial charge in [-0.1, -0.05) is 0 Å². The number of carbonyl (C=O) groups is 3. The zero-order chi connectivity index (χ0) is 19.0. The summed E-state index contributed by atoms with van der Waals surface area (Å²) in [5.74, 6) is -2.91. The zero-order valence-electron chi connectivity index (χ0n) is 14.1. The zero-order valence-corrected chi connectivity index (χ0v) is 14.1. The van der Waals surface area contributed by atoms with Gasteiger partial charge in [-0.15, -0.1) is 4.58 Å². The van der Waals surface area contributed by atoms with Crippen molar-refractivity contribution in [1.29, 1.82) is 0 Å². The molecular formula is C16H17N4O6+. The summed E-state index contributed by atoms with van der Waals surface area (Å²) in [5.41, 5.74) is 0.347. The molecule has 0 bridgehead atoms. The minimum atomic E-state index is -0.854. The highest BCUT2D eigenvalue weighted by molar-refractivity contribution is 6.52.